The molecule has 1 aromatic carbocycles. The molecule has 0 saturated carbocycles. The predicted octanol–water partition coefficient (Wildman–Crippen LogP) is 0.0871. The lowest BCUT2D eigenvalue weighted by atomic mass is 10.1. The summed E-state index contributed by atoms with van der Waals surface area (Å²) in [6.45, 7) is 0.210. The molecular weight excluding hydrogens is 274 g/mol. The number of hydrogen-bond donors (Lipinski definition) is 3. The number of rotatable bonds is 8. The van der Waals surface area contributed by atoms with Crippen molar-refractivity contribution in [1.82, 2.24) is 0 Å². The van der Waals surface area contributed by atoms with Gasteiger partial charge in [-0.05, 0) is 18.6 Å². The Labute approximate surface area is 122 Å². The number of amides is 2. The Morgan fingerprint density at radius 1 is 1.19 bits per heavy atom. The van der Waals surface area contributed by atoms with Gasteiger partial charge in [0.15, 0.2) is 0 Å². The van der Waals surface area contributed by atoms with Crippen LogP contribution in [0.5, 0.6) is 0 Å². The van der Waals surface area contributed by atoms with Crippen LogP contribution >= 0.6 is 0 Å². The number of carboxylic acids is 1. The van der Waals surface area contributed by atoms with Crippen LogP contribution in [0.1, 0.15) is 19.3 Å². The highest BCUT2D eigenvalue weighted by molar-refractivity contribution is 5.99. The van der Waals surface area contributed by atoms with Gasteiger partial charge in [-0.3, -0.25) is 14.4 Å². The number of carbonyl (C=O) groups excluding carboxylic acids is 2. The van der Waals surface area contributed by atoms with E-state index in [4.69, 9.17) is 16.6 Å². The third kappa shape index (κ3) is 5.62. The molecule has 1 unspecified atom stereocenters. The van der Waals surface area contributed by atoms with Crippen LogP contribution in [0.3, 0.4) is 0 Å². The van der Waals surface area contributed by atoms with E-state index >= 15 is 0 Å². The molecule has 0 aromatic heterocycles. The molecule has 0 aliphatic carbocycles. The zero-order valence-corrected chi connectivity index (χ0v) is 11.6. The van der Waals surface area contributed by atoms with Crippen LogP contribution in [0.4, 0.5) is 5.69 Å². The van der Waals surface area contributed by atoms with Crippen molar-refractivity contribution in [3.05, 3.63) is 30.3 Å². The van der Waals surface area contributed by atoms with Gasteiger partial charge >= 0.3 is 5.97 Å². The molecular formula is C14H19N3O4. The predicted molar refractivity (Wildman–Crippen MR) is 77.5 cm³/mol. The van der Waals surface area contributed by atoms with E-state index in [2.05, 4.69) is 0 Å². The molecule has 0 spiro atoms. The van der Waals surface area contributed by atoms with Crippen LogP contribution < -0.4 is 16.4 Å². The first kappa shape index (κ1) is 16.6. The van der Waals surface area contributed by atoms with Crippen LogP contribution in [0, 0.1) is 0 Å². The summed E-state index contributed by atoms with van der Waals surface area (Å²) in [6, 6.07) is 7.71. The standard InChI is InChI=1S/C14H19N3O4/c15-11(9-12(16)18)14(21)17(8-4-7-13(19)20)10-5-2-1-3-6-10/h1-3,5-6,11H,4,7-9,15H2,(H2,16,18)(H,19,20). The highest BCUT2D eigenvalue weighted by atomic mass is 16.4. The number of para-hydroxylation sites is 1. The number of carbonyl (C=O) groups is 3. The van der Waals surface area contributed by atoms with Crippen molar-refractivity contribution in [2.45, 2.75) is 25.3 Å². The molecule has 0 saturated heterocycles. The van der Waals surface area contributed by atoms with Gasteiger partial charge in [0.05, 0.1) is 12.5 Å². The third-order valence-corrected chi connectivity index (χ3v) is 2.84. The van der Waals surface area contributed by atoms with E-state index < -0.39 is 23.8 Å². The van der Waals surface area contributed by atoms with Gasteiger partial charge in [0.1, 0.15) is 0 Å². The minimum Gasteiger partial charge on any atom is -0.481 e. The first-order valence-corrected chi connectivity index (χ1v) is 6.54. The highest BCUT2D eigenvalue weighted by Crippen LogP contribution is 2.16. The number of anilines is 1. The molecule has 7 nitrogen and oxygen atoms in total. The number of nitrogens with zero attached hydrogens (tertiary/aromatic N) is 1. The molecule has 0 radical (unpaired) electrons. The van der Waals surface area contributed by atoms with E-state index in [0.29, 0.717) is 12.1 Å². The average molecular weight is 293 g/mol. The summed E-state index contributed by atoms with van der Waals surface area (Å²) in [5.74, 6) is -2.04. The molecule has 0 fully saturated rings. The second kappa shape index (κ2) is 8.01. The summed E-state index contributed by atoms with van der Waals surface area (Å²) in [6.07, 6.45) is -0.0119. The molecule has 0 bridgehead atoms. The number of carboxylic acid groups (broad SMARTS) is 1. The zero-order valence-electron chi connectivity index (χ0n) is 11.6. The van der Waals surface area contributed by atoms with Gasteiger partial charge in [-0.15, -0.1) is 0 Å². The Morgan fingerprint density at radius 2 is 1.81 bits per heavy atom. The quantitative estimate of drug-likeness (QED) is 0.626. The fourth-order valence-corrected chi connectivity index (χ4v) is 1.87. The van der Waals surface area contributed by atoms with Gasteiger partial charge in [0.25, 0.3) is 0 Å². The maximum Gasteiger partial charge on any atom is 0.303 e. The van der Waals surface area contributed by atoms with E-state index in [-0.39, 0.29) is 19.4 Å². The topological polar surface area (TPSA) is 127 Å². The minimum atomic E-state index is -1.03. The van der Waals surface area contributed by atoms with Crippen molar-refractivity contribution in [3.63, 3.8) is 0 Å². The molecule has 0 heterocycles. The second-order valence-electron chi connectivity index (χ2n) is 4.60. The summed E-state index contributed by atoms with van der Waals surface area (Å²) in [7, 11) is 0. The van der Waals surface area contributed by atoms with Gasteiger partial charge in [-0.1, -0.05) is 18.2 Å². The zero-order chi connectivity index (χ0) is 15.8. The van der Waals surface area contributed by atoms with Crippen LogP contribution in [0.2, 0.25) is 0 Å². The maximum atomic E-state index is 12.3. The summed E-state index contributed by atoms with van der Waals surface area (Å²) < 4.78 is 0. The van der Waals surface area contributed by atoms with Crippen LogP contribution in [0.15, 0.2) is 30.3 Å². The first-order valence-electron chi connectivity index (χ1n) is 6.54. The van der Waals surface area contributed by atoms with E-state index in [9.17, 15) is 14.4 Å². The maximum absolute atomic E-state index is 12.3. The molecule has 1 rings (SSSR count). The van der Waals surface area contributed by atoms with Crippen molar-refractivity contribution in [2.24, 2.45) is 11.5 Å². The Morgan fingerprint density at radius 3 is 2.33 bits per heavy atom. The smallest absolute Gasteiger partial charge is 0.303 e. The van der Waals surface area contributed by atoms with E-state index in [0.717, 1.165) is 0 Å². The fourth-order valence-electron chi connectivity index (χ4n) is 1.87. The van der Waals surface area contributed by atoms with Crippen molar-refractivity contribution in [2.75, 3.05) is 11.4 Å². The Bertz CT molecular complexity index is 504. The largest absolute Gasteiger partial charge is 0.481 e. The van der Waals surface area contributed by atoms with Crippen molar-refractivity contribution in [3.8, 4) is 0 Å². The molecule has 114 valence electrons. The highest BCUT2D eigenvalue weighted by Gasteiger charge is 2.23. The molecule has 1 aromatic rings. The first-order chi connectivity index (χ1) is 9.91. The van der Waals surface area contributed by atoms with Gasteiger partial charge in [-0.25, -0.2) is 0 Å². The number of benzene rings is 1. The molecule has 21 heavy (non-hydrogen) atoms. The lowest BCUT2D eigenvalue weighted by Gasteiger charge is -2.25. The summed E-state index contributed by atoms with van der Waals surface area (Å²) in [5.41, 5.74) is 11.3. The number of hydrogen-bond acceptors (Lipinski definition) is 4. The van der Waals surface area contributed by atoms with Crippen molar-refractivity contribution in [1.29, 1.82) is 0 Å². The van der Waals surface area contributed by atoms with Crippen LogP contribution in [-0.2, 0) is 14.4 Å². The molecule has 0 aliphatic heterocycles. The summed E-state index contributed by atoms with van der Waals surface area (Å²) >= 11 is 0. The Hall–Kier alpha value is -2.41. The van der Waals surface area contributed by atoms with Gasteiger partial charge in [0, 0.05) is 18.7 Å². The minimum absolute atomic E-state index is 0.0539. The van der Waals surface area contributed by atoms with E-state index in [1.54, 1.807) is 30.3 Å². The molecule has 0 aliphatic rings. The number of primary amides is 1. The van der Waals surface area contributed by atoms with Crippen molar-refractivity contribution < 1.29 is 19.5 Å². The summed E-state index contributed by atoms with van der Waals surface area (Å²) in [4.78, 5) is 35.1. The normalized spacial score (nSPS) is 11.7. The van der Waals surface area contributed by atoms with Crippen molar-refractivity contribution >= 4 is 23.5 Å². The summed E-state index contributed by atoms with van der Waals surface area (Å²) in [5, 5.41) is 8.67. The lowest BCUT2D eigenvalue weighted by Crippen LogP contribution is -2.46. The van der Waals surface area contributed by atoms with Crippen LogP contribution in [0.25, 0.3) is 0 Å². The SMILES string of the molecule is NC(=O)CC(N)C(=O)N(CCCC(=O)O)c1ccccc1. The van der Waals surface area contributed by atoms with Gasteiger partial charge in [0.2, 0.25) is 11.8 Å². The average Bonchev–Trinajstić information content (AvgIpc) is 2.43. The molecule has 2 amide bonds. The molecule has 7 heteroatoms. The Kier molecular flexibility index (Phi) is 6.35. The lowest BCUT2D eigenvalue weighted by molar-refractivity contribution is -0.137. The third-order valence-electron chi connectivity index (χ3n) is 2.84. The van der Waals surface area contributed by atoms with E-state index in [1.165, 1.54) is 4.90 Å². The number of aliphatic carboxylic acids is 1. The van der Waals surface area contributed by atoms with E-state index in [1.807, 2.05) is 0 Å². The monoisotopic (exact) mass is 293 g/mol. The molecule has 5 N–H and O–H groups in total. The number of nitrogens with two attached hydrogens (primary N) is 2. The van der Waals surface area contributed by atoms with Gasteiger partial charge < -0.3 is 21.5 Å². The second-order valence-corrected chi connectivity index (χ2v) is 4.60. The fraction of sp³-hybridized carbons (Fsp3) is 0.357. The van der Waals surface area contributed by atoms with Gasteiger partial charge in [-0.2, -0.15) is 0 Å². The van der Waals surface area contributed by atoms with Crippen LogP contribution in [-0.4, -0.2) is 35.5 Å². The Balaban J connectivity index is 2.83. The molecule has 1 atom stereocenters.